The molecule has 4 unspecified atom stereocenters. The van der Waals surface area contributed by atoms with E-state index in [0.717, 1.165) is 26.0 Å². The van der Waals surface area contributed by atoms with Gasteiger partial charge in [0.1, 0.15) is 0 Å². The number of hydrogen-bond acceptors (Lipinski definition) is 2. The van der Waals surface area contributed by atoms with Crippen LogP contribution in [0.25, 0.3) is 10.9 Å². The molecule has 22 heavy (non-hydrogen) atoms. The number of H-pyrrole nitrogens is 1. The van der Waals surface area contributed by atoms with Crippen LogP contribution in [0.1, 0.15) is 30.7 Å². The highest BCUT2D eigenvalue weighted by Gasteiger charge is 2.44. The summed E-state index contributed by atoms with van der Waals surface area (Å²) < 4.78 is 6.27. The van der Waals surface area contributed by atoms with E-state index in [1.165, 1.54) is 22.2 Å². The van der Waals surface area contributed by atoms with E-state index in [1.54, 1.807) is 5.57 Å². The number of aromatic amines is 1. The SMILES string of the molecule is CC=C1CNC2Cc3c([nH]c4ccccc34)C3CC1C2CO3. The molecule has 1 aromatic heterocycles. The second kappa shape index (κ2) is 4.71. The van der Waals surface area contributed by atoms with Gasteiger partial charge in [0.05, 0.1) is 12.7 Å². The molecule has 4 heterocycles. The second-order valence-corrected chi connectivity index (χ2v) is 6.95. The molecule has 1 aliphatic carbocycles. The van der Waals surface area contributed by atoms with Crippen LogP contribution in [0.5, 0.6) is 0 Å². The van der Waals surface area contributed by atoms with E-state index in [2.05, 4.69) is 47.6 Å². The fourth-order valence-electron chi connectivity index (χ4n) is 4.85. The van der Waals surface area contributed by atoms with Gasteiger partial charge in [-0.3, -0.25) is 0 Å². The van der Waals surface area contributed by atoms with Crippen molar-refractivity contribution < 1.29 is 4.74 Å². The third-order valence-corrected chi connectivity index (χ3v) is 6.00. The van der Waals surface area contributed by atoms with Crippen molar-refractivity contribution in [3.05, 3.63) is 47.2 Å². The highest BCUT2D eigenvalue weighted by Crippen LogP contribution is 2.46. The summed E-state index contributed by atoms with van der Waals surface area (Å²) in [7, 11) is 0. The van der Waals surface area contributed by atoms with E-state index < -0.39 is 0 Å². The molecule has 4 bridgehead atoms. The number of rotatable bonds is 0. The molecule has 4 atom stereocenters. The quantitative estimate of drug-likeness (QED) is 0.731. The lowest BCUT2D eigenvalue weighted by molar-refractivity contribution is -0.0633. The zero-order chi connectivity index (χ0) is 14.7. The van der Waals surface area contributed by atoms with Crippen LogP contribution in [-0.2, 0) is 11.2 Å². The second-order valence-electron chi connectivity index (χ2n) is 6.95. The lowest BCUT2D eigenvalue weighted by Gasteiger charge is -2.47. The third kappa shape index (κ3) is 1.70. The number of benzene rings is 1. The first kappa shape index (κ1) is 12.9. The van der Waals surface area contributed by atoms with Crippen molar-refractivity contribution in [2.45, 2.75) is 31.9 Å². The number of para-hydroxylation sites is 1. The van der Waals surface area contributed by atoms with Crippen molar-refractivity contribution >= 4 is 10.9 Å². The molecule has 1 aromatic carbocycles. The highest BCUT2D eigenvalue weighted by atomic mass is 16.5. The fraction of sp³-hybridized carbons (Fsp3) is 0.474. The Bertz CT molecular complexity index is 760. The van der Waals surface area contributed by atoms with E-state index in [-0.39, 0.29) is 6.10 Å². The normalized spacial score (nSPS) is 35.4. The minimum absolute atomic E-state index is 0.234. The van der Waals surface area contributed by atoms with E-state index in [9.17, 15) is 0 Å². The van der Waals surface area contributed by atoms with Crippen LogP contribution in [0.2, 0.25) is 0 Å². The van der Waals surface area contributed by atoms with Crippen molar-refractivity contribution in [2.75, 3.05) is 13.2 Å². The Morgan fingerprint density at radius 1 is 1.27 bits per heavy atom. The summed E-state index contributed by atoms with van der Waals surface area (Å²) in [4.78, 5) is 3.66. The number of piperidine rings is 1. The van der Waals surface area contributed by atoms with Crippen LogP contribution in [0, 0.1) is 11.8 Å². The Kier molecular flexibility index (Phi) is 2.76. The summed E-state index contributed by atoms with van der Waals surface area (Å²) in [6.07, 6.45) is 4.80. The number of ether oxygens (including phenoxy) is 1. The monoisotopic (exact) mass is 294 g/mol. The Labute approximate surface area is 130 Å². The maximum atomic E-state index is 6.27. The molecule has 0 radical (unpaired) electrons. The molecular formula is C19H22N2O. The lowest BCUT2D eigenvalue weighted by Crippen LogP contribution is -2.53. The molecule has 2 aromatic rings. The zero-order valence-corrected chi connectivity index (χ0v) is 12.9. The van der Waals surface area contributed by atoms with Crippen LogP contribution in [0.3, 0.4) is 0 Å². The highest BCUT2D eigenvalue weighted by molar-refractivity contribution is 5.85. The van der Waals surface area contributed by atoms with E-state index >= 15 is 0 Å². The molecule has 2 N–H and O–H groups in total. The van der Waals surface area contributed by atoms with Crippen LogP contribution >= 0.6 is 0 Å². The Hall–Kier alpha value is -1.58. The van der Waals surface area contributed by atoms with Gasteiger partial charge in [-0.15, -0.1) is 0 Å². The van der Waals surface area contributed by atoms with Crippen LogP contribution < -0.4 is 5.32 Å². The Balaban J connectivity index is 1.69. The number of nitrogens with one attached hydrogen (secondary N) is 2. The van der Waals surface area contributed by atoms with E-state index in [4.69, 9.17) is 4.74 Å². The zero-order valence-electron chi connectivity index (χ0n) is 12.9. The molecule has 4 aliphatic rings. The van der Waals surface area contributed by atoms with Gasteiger partial charge in [-0.25, -0.2) is 0 Å². The summed E-state index contributed by atoms with van der Waals surface area (Å²) in [5.41, 5.74) is 5.63. The van der Waals surface area contributed by atoms with E-state index in [0.29, 0.717) is 17.9 Å². The summed E-state index contributed by atoms with van der Waals surface area (Å²) in [5, 5.41) is 5.16. The van der Waals surface area contributed by atoms with Crippen LogP contribution in [0.4, 0.5) is 0 Å². The molecule has 0 amide bonds. The smallest absolute Gasteiger partial charge is 0.0981 e. The van der Waals surface area contributed by atoms with Gasteiger partial charge >= 0.3 is 0 Å². The van der Waals surface area contributed by atoms with Crippen molar-refractivity contribution in [3.63, 3.8) is 0 Å². The van der Waals surface area contributed by atoms with Crippen LogP contribution in [0.15, 0.2) is 35.9 Å². The van der Waals surface area contributed by atoms with Crippen molar-refractivity contribution in [1.29, 1.82) is 0 Å². The predicted molar refractivity (Wildman–Crippen MR) is 87.8 cm³/mol. The summed E-state index contributed by atoms with van der Waals surface area (Å²) in [6, 6.07) is 9.22. The number of allylic oxidation sites excluding steroid dienone is 1. The van der Waals surface area contributed by atoms with Gasteiger partial charge < -0.3 is 15.0 Å². The van der Waals surface area contributed by atoms with Crippen LogP contribution in [-0.4, -0.2) is 24.2 Å². The van der Waals surface area contributed by atoms with E-state index in [1.807, 2.05) is 0 Å². The molecule has 0 saturated carbocycles. The standard InChI is InChI=1S/C19H22N2O/c1-2-11-9-20-17-7-14-12-5-3-4-6-16(12)21-19(14)18-8-13(11)15(17)10-22-18/h2-6,13,15,17-18,20-21H,7-10H2,1H3. The largest absolute Gasteiger partial charge is 0.372 e. The first-order valence-corrected chi connectivity index (χ1v) is 8.44. The molecule has 6 rings (SSSR count). The average Bonchev–Trinajstić information content (AvgIpc) is 2.91. The van der Waals surface area contributed by atoms with Gasteiger partial charge in [0.2, 0.25) is 0 Å². The summed E-state index contributed by atoms with van der Waals surface area (Å²) in [5.74, 6) is 1.31. The molecular weight excluding hydrogens is 272 g/mol. The molecule has 0 spiro atoms. The topological polar surface area (TPSA) is 37.0 Å². The Morgan fingerprint density at radius 2 is 2.18 bits per heavy atom. The molecule has 2 fully saturated rings. The minimum atomic E-state index is 0.234. The lowest BCUT2D eigenvalue weighted by atomic mass is 9.69. The molecule has 114 valence electrons. The van der Waals surface area contributed by atoms with Gasteiger partial charge in [-0.05, 0) is 37.3 Å². The van der Waals surface area contributed by atoms with Crippen molar-refractivity contribution in [3.8, 4) is 0 Å². The van der Waals surface area contributed by atoms with Gasteiger partial charge in [0.25, 0.3) is 0 Å². The summed E-state index contributed by atoms with van der Waals surface area (Å²) >= 11 is 0. The maximum Gasteiger partial charge on any atom is 0.0981 e. The number of aromatic nitrogens is 1. The molecule has 3 aliphatic heterocycles. The third-order valence-electron chi connectivity index (χ3n) is 6.00. The molecule has 3 heteroatoms. The van der Waals surface area contributed by atoms with Gasteiger partial charge in [-0.1, -0.05) is 29.8 Å². The van der Waals surface area contributed by atoms with Gasteiger partial charge in [0.15, 0.2) is 0 Å². The predicted octanol–water partition coefficient (Wildman–Crippen LogP) is 3.34. The van der Waals surface area contributed by atoms with Gasteiger partial charge in [0, 0.05) is 35.1 Å². The van der Waals surface area contributed by atoms with Crippen molar-refractivity contribution in [2.24, 2.45) is 11.8 Å². The first-order valence-electron chi connectivity index (χ1n) is 8.44. The maximum absolute atomic E-state index is 6.27. The number of hydrogen-bond donors (Lipinski definition) is 2. The van der Waals surface area contributed by atoms with Crippen molar-refractivity contribution in [1.82, 2.24) is 10.3 Å². The first-order chi connectivity index (χ1) is 10.8. The number of fused-ring (bicyclic) bond motifs is 2. The summed E-state index contributed by atoms with van der Waals surface area (Å²) in [6.45, 7) is 4.12. The minimum Gasteiger partial charge on any atom is -0.372 e. The fourth-order valence-corrected chi connectivity index (χ4v) is 4.85. The Morgan fingerprint density at radius 3 is 3.09 bits per heavy atom. The molecule has 3 nitrogen and oxygen atoms in total. The van der Waals surface area contributed by atoms with Gasteiger partial charge in [-0.2, -0.15) is 0 Å². The molecule has 2 saturated heterocycles. The average molecular weight is 294 g/mol.